The topological polar surface area (TPSA) is 149 Å². The highest BCUT2D eigenvalue weighted by atomic mass is 32.2. The van der Waals surface area contributed by atoms with Gasteiger partial charge in [0.05, 0.1) is 36.4 Å². The highest BCUT2D eigenvalue weighted by Gasteiger charge is 2.66. The van der Waals surface area contributed by atoms with Crippen molar-refractivity contribution in [1.29, 1.82) is 0 Å². The first-order valence-corrected chi connectivity index (χ1v) is 24.8. The lowest BCUT2D eigenvalue weighted by Gasteiger charge is -2.59. The van der Waals surface area contributed by atoms with Crippen LogP contribution in [0.15, 0.2) is 113 Å². The number of ether oxygens (including phenoxy) is 4. The van der Waals surface area contributed by atoms with Crippen LogP contribution in [0.3, 0.4) is 0 Å². The summed E-state index contributed by atoms with van der Waals surface area (Å²) in [6.07, 6.45) is 12.3. The van der Waals surface area contributed by atoms with E-state index in [1.54, 1.807) is 54.7 Å². The second kappa shape index (κ2) is 21.3. The standard InChI is InChI=1S/C51H62FN3O9S/c1-3-26-55(65(58,59)45-21-13-17-35-18-14-25-53-50(35)45)46-33-43(54-64-47-22-9-12-30-60-47)40-31-36(15-7-10-27-56)39(19-8-11-28-57)48-41-32-38(61-34-37-16-5-6-20-42(37)52)23-24-44(41)63-51(46,49(40)48)62-29-4-2/h4-6,13-14,16-18,20-21,23-25,31-32,36,39,46-49,56-57H,2-3,7-12,15,19,22,26-30,33-34H2,1H3. The van der Waals surface area contributed by atoms with Crippen LogP contribution in [-0.2, 0) is 30.9 Å². The molecule has 1 saturated carbocycles. The molecule has 3 aromatic carbocycles. The number of para-hydroxylation sites is 1. The Morgan fingerprint density at radius 3 is 2.60 bits per heavy atom. The number of hydrogen-bond donors (Lipinski definition) is 2. The van der Waals surface area contributed by atoms with Crippen LogP contribution in [0.2, 0.25) is 0 Å². The molecule has 2 N–H and O–H groups in total. The molecule has 0 spiro atoms. The van der Waals surface area contributed by atoms with Gasteiger partial charge in [-0.3, -0.25) is 4.98 Å². The van der Waals surface area contributed by atoms with Gasteiger partial charge in [-0.05, 0) is 98.8 Å². The van der Waals surface area contributed by atoms with Gasteiger partial charge in [0.1, 0.15) is 28.8 Å². The lowest BCUT2D eigenvalue weighted by molar-refractivity contribution is -0.251. The Labute approximate surface area is 382 Å². The molecule has 12 nitrogen and oxygen atoms in total. The normalized spacial score (nSPS) is 25.7. The quantitative estimate of drug-likeness (QED) is 0.0471. The second-order valence-electron chi connectivity index (χ2n) is 17.5. The number of pyridine rings is 1. The van der Waals surface area contributed by atoms with Crippen molar-refractivity contribution in [2.75, 3.05) is 33.0 Å². The maximum absolute atomic E-state index is 15.6. The number of sulfonamides is 1. The molecule has 0 bridgehead atoms. The smallest absolute Gasteiger partial charge is 0.245 e. The molecule has 3 heterocycles. The highest BCUT2D eigenvalue weighted by Crippen LogP contribution is 2.62. The van der Waals surface area contributed by atoms with E-state index in [4.69, 9.17) is 28.9 Å². The van der Waals surface area contributed by atoms with Gasteiger partial charge in [0.15, 0.2) is 0 Å². The van der Waals surface area contributed by atoms with Gasteiger partial charge in [-0.25, -0.2) is 12.8 Å². The Morgan fingerprint density at radius 2 is 1.83 bits per heavy atom. The molecular weight excluding hydrogens is 850 g/mol. The number of nitrogens with zero attached hydrogens (tertiary/aromatic N) is 3. The second-order valence-corrected chi connectivity index (χ2v) is 19.4. The number of oxime groups is 1. The van der Waals surface area contributed by atoms with E-state index < -0.39 is 34.1 Å². The lowest BCUT2D eigenvalue weighted by atomic mass is 9.55. The molecule has 2 aliphatic carbocycles. The first-order valence-electron chi connectivity index (χ1n) is 23.3. The molecule has 0 amide bonds. The van der Waals surface area contributed by atoms with Gasteiger partial charge in [-0.1, -0.05) is 73.5 Å². The summed E-state index contributed by atoms with van der Waals surface area (Å²) < 4.78 is 74.3. The molecule has 2 aliphatic heterocycles. The summed E-state index contributed by atoms with van der Waals surface area (Å²) in [4.78, 5) is 10.9. The van der Waals surface area contributed by atoms with Gasteiger partial charge in [0.25, 0.3) is 0 Å². The number of fused-ring (bicyclic) bond motifs is 3. The summed E-state index contributed by atoms with van der Waals surface area (Å²) >= 11 is 0. The number of benzene rings is 3. The largest absolute Gasteiger partial charge is 0.489 e. The Kier molecular flexibility index (Phi) is 15.3. The zero-order valence-electron chi connectivity index (χ0n) is 37.2. The van der Waals surface area contributed by atoms with Crippen molar-refractivity contribution < 1.29 is 46.8 Å². The molecule has 4 aliphatic rings. The van der Waals surface area contributed by atoms with Crippen molar-refractivity contribution in [2.45, 2.75) is 113 Å². The summed E-state index contributed by atoms with van der Waals surface area (Å²) in [5, 5.41) is 25.6. The third kappa shape index (κ3) is 9.75. The molecule has 4 aromatic rings. The average molecular weight is 912 g/mol. The van der Waals surface area contributed by atoms with Crippen LogP contribution in [0.5, 0.6) is 11.5 Å². The van der Waals surface area contributed by atoms with Crippen LogP contribution in [0.1, 0.15) is 94.6 Å². The van der Waals surface area contributed by atoms with Crippen LogP contribution >= 0.6 is 0 Å². The Hall–Kier alpha value is -4.70. The maximum Gasteiger partial charge on any atom is 0.245 e. The van der Waals surface area contributed by atoms with Gasteiger partial charge in [0, 0.05) is 61.2 Å². The lowest BCUT2D eigenvalue weighted by Crippen LogP contribution is -2.70. The number of allylic oxidation sites excluding steroid dienone is 1. The summed E-state index contributed by atoms with van der Waals surface area (Å²) in [5.41, 5.74) is 3.07. The molecule has 0 radical (unpaired) electrons. The van der Waals surface area contributed by atoms with E-state index in [2.05, 4.69) is 17.6 Å². The number of unbranched alkanes of at least 4 members (excludes halogenated alkanes) is 2. The summed E-state index contributed by atoms with van der Waals surface area (Å²) in [6, 6.07) is 20.0. The van der Waals surface area contributed by atoms with E-state index in [1.807, 2.05) is 31.2 Å². The van der Waals surface area contributed by atoms with E-state index in [0.717, 1.165) is 49.7 Å². The van der Waals surface area contributed by atoms with Crippen molar-refractivity contribution in [1.82, 2.24) is 9.29 Å². The number of rotatable bonds is 21. The fourth-order valence-electron chi connectivity index (χ4n) is 10.5. The van der Waals surface area contributed by atoms with Crippen molar-refractivity contribution in [3.8, 4) is 11.5 Å². The maximum atomic E-state index is 15.6. The first-order chi connectivity index (χ1) is 31.7. The Balaban J connectivity index is 1.35. The van der Waals surface area contributed by atoms with Crippen molar-refractivity contribution in [2.24, 2.45) is 22.9 Å². The number of halogens is 1. The SMILES string of the molecule is C=CCOC12Oc3ccc(OCc4ccccc4F)cc3C3C(CCCCO)C(CCCCO)C=C(C(=NOC4CCCCO4)CC1N(CCC)S(=O)(=O)c1cccc4cccnc14)C32. The van der Waals surface area contributed by atoms with Gasteiger partial charge >= 0.3 is 0 Å². The van der Waals surface area contributed by atoms with Gasteiger partial charge in [-0.2, -0.15) is 4.31 Å². The minimum Gasteiger partial charge on any atom is -0.489 e. The number of aromatic nitrogens is 1. The molecule has 1 aromatic heterocycles. The van der Waals surface area contributed by atoms with Crippen LogP contribution in [0.25, 0.3) is 10.9 Å². The van der Waals surface area contributed by atoms with E-state index in [9.17, 15) is 14.6 Å². The fourth-order valence-corrected chi connectivity index (χ4v) is 12.4. The minimum absolute atomic E-state index is 0.00699. The van der Waals surface area contributed by atoms with E-state index in [-0.39, 0.29) is 67.9 Å². The van der Waals surface area contributed by atoms with Crippen molar-refractivity contribution >= 4 is 26.6 Å². The van der Waals surface area contributed by atoms with Crippen LogP contribution < -0.4 is 9.47 Å². The molecule has 348 valence electrons. The number of aliphatic hydroxyl groups is 2. The van der Waals surface area contributed by atoms with Crippen molar-refractivity contribution in [3.63, 3.8) is 0 Å². The summed E-state index contributed by atoms with van der Waals surface area (Å²) in [6.45, 7) is 6.84. The average Bonchev–Trinajstić information content (AvgIpc) is 3.33. The van der Waals surface area contributed by atoms with E-state index >= 15 is 8.42 Å². The Bertz CT molecular complexity index is 2440. The van der Waals surface area contributed by atoms with E-state index in [0.29, 0.717) is 66.0 Å². The number of hydrogen-bond acceptors (Lipinski definition) is 11. The van der Waals surface area contributed by atoms with E-state index in [1.165, 1.54) is 10.4 Å². The monoisotopic (exact) mass is 911 g/mol. The van der Waals surface area contributed by atoms with Crippen LogP contribution in [-0.4, -0.2) is 84.7 Å². The fraction of sp³-hybridized carbons (Fsp3) is 0.490. The van der Waals surface area contributed by atoms with Gasteiger partial charge in [-0.15, -0.1) is 6.58 Å². The molecule has 14 heteroatoms. The number of aliphatic hydroxyl groups excluding tert-OH is 2. The predicted octanol–water partition coefficient (Wildman–Crippen LogP) is 9.21. The molecule has 2 fully saturated rings. The highest BCUT2D eigenvalue weighted by molar-refractivity contribution is 7.89. The molecule has 7 atom stereocenters. The van der Waals surface area contributed by atoms with Crippen LogP contribution in [0, 0.1) is 23.6 Å². The minimum atomic E-state index is -4.32. The zero-order chi connectivity index (χ0) is 45.4. The van der Waals surface area contributed by atoms with Gasteiger partial charge < -0.3 is 34.0 Å². The summed E-state index contributed by atoms with van der Waals surface area (Å²) in [7, 11) is -4.32. The molecule has 8 rings (SSSR count). The Morgan fingerprint density at radius 1 is 1.02 bits per heavy atom. The van der Waals surface area contributed by atoms with Crippen LogP contribution in [0.4, 0.5) is 4.39 Å². The zero-order valence-corrected chi connectivity index (χ0v) is 38.0. The molecule has 7 unspecified atom stereocenters. The van der Waals surface area contributed by atoms with Crippen molar-refractivity contribution in [3.05, 3.63) is 120 Å². The first kappa shape index (κ1) is 46.8. The van der Waals surface area contributed by atoms with Gasteiger partial charge in [0.2, 0.25) is 22.1 Å². The molecular formula is C51H62FN3O9S. The third-order valence-electron chi connectivity index (χ3n) is 13.4. The third-order valence-corrected chi connectivity index (χ3v) is 15.3. The molecule has 65 heavy (non-hydrogen) atoms. The summed E-state index contributed by atoms with van der Waals surface area (Å²) in [5.74, 6) is -1.95. The predicted molar refractivity (Wildman–Crippen MR) is 246 cm³/mol. The molecule has 1 saturated heterocycles.